The second-order valence-corrected chi connectivity index (χ2v) is 5.93. The van der Waals surface area contributed by atoms with Crippen LogP contribution in [0, 0.1) is 5.92 Å². The summed E-state index contributed by atoms with van der Waals surface area (Å²) in [6, 6.07) is 7.67. The molecule has 116 valence electrons. The van der Waals surface area contributed by atoms with E-state index in [-0.39, 0.29) is 5.91 Å². The van der Waals surface area contributed by atoms with Gasteiger partial charge in [0.1, 0.15) is 5.75 Å². The Hall–Kier alpha value is -1.26. The summed E-state index contributed by atoms with van der Waals surface area (Å²) >= 11 is 6.00. The molecule has 0 aliphatic carbocycles. The SMILES string of the molecule is CC1CNCCC1NC(=O)CCCOc1ccccc1Cl. The third-order valence-electron chi connectivity index (χ3n) is 3.77. The maximum Gasteiger partial charge on any atom is 0.220 e. The smallest absolute Gasteiger partial charge is 0.220 e. The summed E-state index contributed by atoms with van der Waals surface area (Å²) in [6.07, 6.45) is 2.18. The lowest BCUT2D eigenvalue weighted by atomic mass is 9.95. The molecule has 5 heteroatoms. The van der Waals surface area contributed by atoms with Crippen molar-refractivity contribution in [3.8, 4) is 5.75 Å². The molecule has 0 saturated carbocycles. The van der Waals surface area contributed by atoms with Crippen molar-refractivity contribution < 1.29 is 9.53 Å². The monoisotopic (exact) mass is 310 g/mol. The van der Waals surface area contributed by atoms with Gasteiger partial charge in [-0.25, -0.2) is 0 Å². The van der Waals surface area contributed by atoms with Gasteiger partial charge in [-0.05, 0) is 44.0 Å². The van der Waals surface area contributed by atoms with E-state index >= 15 is 0 Å². The number of piperidine rings is 1. The fraction of sp³-hybridized carbons (Fsp3) is 0.562. The van der Waals surface area contributed by atoms with Gasteiger partial charge in [-0.3, -0.25) is 4.79 Å². The van der Waals surface area contributed by atoms with E-state index in [0.29, 0.717) is 42.2 Å². The lowest BCUT2D eigenvalue weighted by Crippen LogP contribution is -2.48. The first-order valence-electron chi connectivity index (χ1n) is 7.54. The number of amides is 1. The Morgan fingerprint density at radius 1 is 1.48 bits per heavy atom. The number of hydrogen-bond acceptors (Lipinski definition) is 3. The van der Waals surface area contributed by atoms with E-state index in [0.717, 1.165) is 19.5 Å². The third kappa shape index (κ3) is 5.21. The highest BCUT2D eigenvalue weighted by Gasteiger charge is 2.22. The number of nitrogens with one attached hydrogen (secondary N) is 2. The first kappa shape index (κ1) is 16.1. The number of carbonyl (C=O) groups excluding carboxylic acids is 1. The number of rotatable bonds is 6. The van der Waals surface area contributed by atoms with Crippen LogP contribution >= 0.6 is 11.6 Å². The van der Waals surface area contributed by atoms with Crippen molar-refractivity contribution in [2.24, 2.45) is 5.92 Å². The molecule has 0 spiro atoms. The molecular weight excluding hydrogens is 288 g/mol. The second kappa shape index (κ2) is 8.25. The van der Waals surface area contributed by atoms with Crippen LogP contribution in [-0.4, -0.2) is 31.6 Å². The molecule has 4 nitrogen and oxygen atoms in total. The van der Waals surface area contributed by atoms with Crippen molar-refractivity contribution in [2.45, 2.75) is 32.2 Å². The Morgan fingerprint density at radius 2 is 2.29 bits per heavy atom. The van der Waals surface area contributed by atoms with Crippen LogP contribution < -0.4 is 15.4 Å². The molecule has 2 rings (SSSR count). The Bertz CT molecular complexity index is 467. The van der Waals surface area contributed by atoms with E-state index in [1.807, 2.05) is 18.2 Å². The number of para-hydroxylation sites is 1. The van der Waals surface area contributed by atoms with Crippen molar-refractivity contribution >= 4 is 17.5 Å². The van der Waals surface area contributed by atoms with E-state index in [1.165, 1.54) is 0 Å². The van der Waals surface area contributed by atoms with Crippen molar-refractivity contribution in [1.29, 1.82) is 0 Å². The minimum Gasteiger partial charge on any atom is -0.492 e. The van der Waals surface area contributed by atoms with Crippen LogP contribution in [0.4, 0.5) is 0 Å². The number of halogens is 1. The van der Waals surface area contributed by atoms with Gasteiger partial charge in [0, 0.05) is 12.5 Å². The molecule has 1 aliphatic heterocycles. The normalized spacial score (nSPS) is 21.8. The molecule has 1 amide bonds. The van der Waals surface area contributed by atoms with E-state index in [4.69, 9.17) is 16.3 Å². The van der Waals surface area contributed by atoms with Gasteiger partial charge in [-0.1, -0.05) is 30.7 Å². The van der Waals surface area contributed by atoms with Gasteiger partial charge in [-0.2, -0.15) is 0 Å². The molecule has 1 aromatic carbocycles. The van der Waals surface area contributed by atoms with Crippen molar-refractivity contribution in [3.05, 3.63) is 29.3 Å². The van der Waals surface area contributed by atoms with E-state index in [1.54, 1.807) is 6.07 Å². The third-order valence-corrected chi connectivity index (χ3v) is 4.09. The Kier molecular flexibility index (Phi) is 6.33. The molecular formula is C16H23ClN2O2. The summed E-state index contributed by atoms with van der Waals surface area (Å²) < 4.78 is 5.58. The minimum absolute atomic E-state index is 0.108. The van der Waals surface area contributed by atoms with Crippen LogP contribution in [0.1, 0.15) is 26.2 Å². The highest BCUT2D eigenvalue weighted by molar-refractivity contribution is 6.32. The zero-order valence-electron chi connectivity index (χ0n) is 12.4. The van der Waals surface area contributed by atoms with Gasteiger partial charge < -0.3 is 15.4 Å². The van der Waals surface area contributed by atoms with Gasteiger partial charge in [0.05, 0.1) is 11.6 Å². The van der Waals surface area contributed by atoms with Crippen LogP contribution in [0.3, 0.4) is 0 Å². The first-order valence-corrected chi connectivity index (χ1v) is 7.92. The summed E-state index contributed by atoms with van der Waals surface area (Å²) in [4.78, 5) is 11.9. The number of benzene rings is 1. The van der Waals surface area contributed by atoms with Crippen molar-refractivity contribution in [2.75, 3.05) is 19.7 Å². The maximum atomic E-state index is 11.9. The lowest BCUT2D eigenvalue weighted by Gasteiger charge is -2.30. The fourth-order valence-corrected chi connectivity index (χ4v) is 2.67. The van der Waals surface area contributed by atoms with E-state index < -0.39 is 0 Å². The molecule has 2 N–H and O–H groups in total. The van der Waals surface area contributed by atoms with Gasteiger partial charge >= 0.3 is 0 Å². The average Bonchev–Trinajstić information content (AvgIpc) is 2.48. The van der Waals surface area contributed by atoms with E-state index in [2.05, 4.69) is 17.6 Å². The van der Waals surface area contributed by atoms with Crippen LogP contribution in [0.15, 0.2) is 24.3 Å². The molecule has 1 fully saturated rings. The number of hydrogen-bond donors (Lipinski definition) is 2. The molecule has 1 heterocycles. The molecule has 1 aromatic rings. The highest BCUT2D eigenvalue weighted by atomic mass is 35.5. The fourth-order valence-electron chi connectivity index (χ4n) is 2.48. The Balaban J connectivity index is 1.64. The first-order chi connectivity index (χ1) is 10.2. The molecule has 0 aromatic heterocycles. The van der Waals surface area contributed by atoms with Gasteiger partial charge in [0.25, 0.3) is 0 Å². The Labute approximate surface area is 131 Å². The predicted octanol–water partition coefficient (Wildman–Crippen LogP) is 2.61. The largest absolute Gasteiger partial charge is 0.492 e. The molecule has 0 radical (unpaired) electrons. The zero-order valence-corrected chi connectivity index (χ0v) is 13.2. The topological polar surface area (TPSA) is 50.4 Å². The Morgan fingerprint density at radius 3 is 3.05 bits per heavy atom. The van der Waals surface area contributed by atoms with Gasteiger partial charge in [0.2, 0.25) is 5.91 Å². The average molecular weight is 311 g/mol. The molecule has 1 aliphatic rings. The maximum absolute atomic E-state index is 11.9. The van der Waals surface area contributed by atoms with Crippen LogP contribution in [0.5, 0.6) is 5.75 Å². The minimum atomic E-state index is 0.108. The zero-order chi connectivity index (χ0) is 15.1. The van der Waals surface area contributed by atoms with Crippen LogP contribution in [0.2, 0.25) is 5.02 Å². The standard InChI is InChI=1S/C16H23ClN2O2/c1-12-11-18-9-8-14(12)19-16(20)7-4-10-21-15-6-3-2-5-13(15)17/h2-3,5-6,12,14,18H,4,7-11H2,1H3,(H,19,20). The van der Waals surface area contributed by atoms with Crippen molar-refractivity contribution in [1.82, 2.24) is 10.6 Å². The lowest BCUT2D eigenvalue weighted by molar-refractivity contribution is -0.122. The number of ether oxygens (including phenoxy) is 1. The van der Waals surface area contributed by atoms with E-state index in [9.17, 15) is 4.79 Å². The van der Waals surface area contributed by atoms with Gasteiger partial charge in [0.15, 0.2) is 0 Å². The van der Waals surface area contributed by atoms with Crippen LogP contribution in [0.25, 0.3) is 0 Å². The summed E-state index contributed by atoms with van der Waals surface area (Å²) in [6.45, 7) is 4.61. The summed E-state index contributed by atoms with van der Waals surface area (Å²) in [7, 11) is 0. The van der Waals surface area contributed by atoms with Gasteiger partial charge in [-0.15, -0.1) is 0 Å². The predicted molar refractivity (Wildman–Crippen MR) is 84.8 cm³/mol. The van der Waals surface area contributed by atoms with Crippen molar-refractivity contribution in [3.63, 3.8) is 0 Å². The summed E-state index contributed by atoms with van der Waals surface area (Å²) in [5.41, 5.74) is 0. The second-order valence-electron chi connectivity index (χ2n) is 5.53. The summed E-state index contributed by atoms with van der Waals surface area (Å²) in [5.74, 6) is 1.27. The molecule has 2 atom stereocenters. The molecule has 0 bridgehead atoms. The quantitative estimate of drug-likeness (QED) is 0.794. The summed E-state index contributed by atoms with van der Waals surface area (Å²) in [5, 5.41) is 7.05. The number of carbonyl (C=O) groups is 1. The molecule has 1 saturated heterocycles. The molecule has 21 heavy (non-hydrogen) atoms. The molecule has 2 unspecified atom stereocenters. The van der Waals surface area contributed by atoms with Crippen LogP contribution in [-0.2, 0) is 4.79 Å². The highest BCUT2D eigenvalue weighted by Crippen LogP contribution is 2.23.